The number of nitrogens with zero attached hydrogens (tertiary/aromatic N) is 4. The van der Waals surface area contributed by atoms with Gasteiger partial charge in [-0.1, -0.05) is 152 Å². The van der Waals surface area contributed by atoms with Crippen molar-refractivity contribution < 1.29 is 9.47 Å². The number of aromatic nitrogens is 1. The maximum atomic E-state index is 7.43. The maximum absolute atomic E-state index is 7.43. The lowest BCUT2D eigenvalue weighted by atomic mass is 9.31. The number of benzene rings is 11. The van der Waals surface area contributed by atoms with Gasteiger partial charge in [-0.05, 0) is 118 Å². The van der Waals surface area contributed by atoms with E-state index >= 15 is 0 Å². The summed E-state index contributed by atoms with van der Waals surface area (Å²) in [6.45, 7) is -0.273. The molecule has 4 aliphatic rings. The quantitative estimate of drug-likeness (QED) is 0.155. The zero-order chi connectivity index (χ0) is 48.4. The first-order valence-corrected chi connectivity index (χ1v) is 25.4. The Morgan fingerprint density at radius 3 is 1.26 bits per heavy atom. The van der Waals surface area contributed by atoms with Crippen molar-refractivity contribution >= 4 is 119 Å². The van der Waals surface area contributed by atoms with E-state index in [4.69, 9.17) is 9.47 Å². The molecule has 4 aliphatic heterocycles. The Morgan fingerprint density at radius 1 is 0.297 bits per heavy atom. The number of fused-ring (bicyclic) bond motifs is 11. The average molecular weight is 945 g/mol. The van der Waals surface area contributed by atoms with Crippen LogP contribution in [0, 0.1) is 0 Å². The molecule has 1 aromatic heterocycles. The highest BCUT2D eigenvalue weighted by atomic mass is 16.5. The Bertz CT molecular complexity index is 4150. The predicted molar refractivity (Wildman–Crippen MR) is 307 cm³/mol. The molecule has 0 bridgehead atoms. The molecular weight excluding hydrogens is 902 g/mol. The van der Waals surface area contributed by atoms with Gasteiger partial charge in [0, 0.05) is 74.5 Å². The highest BCUT2D eigenvalue weighted by molar-refractivity contribution is 7.02. The highest BCUT2D eigenvalue weighted by Gasteiger charge is 2.47. The van der Waals surface area contributed by atoms with Crippen LogP contribution in [0.4, 0.5) is 51.2 Å². The van der Waals surface area contributed by atoms with E-state index < -0.39 is 0 Å². The summed E-state index contributed by atoms with van der Waals surface area (Å²) in [5.74, 6) is 3.22. The van der Waals surface area contributed by atoms with E-state index in [2.05, 4.69) is 274 Å². The van der Waals surface area contributed by atoms with Gasteiger partial charge in [-0.25, -0.2) is 0 Å². The van der Waals surface area contributed by atoms with Gasteiger partial charge in [-0.3, -0.25) is 0 Å². The number of hydrogen-bond acceptors (Lipinski definition) is 5. The molecule has 74 heavy (non-hydrogen) atoms. The number of hydrogen-bond donors (Lipinski definition) is 0. The molecule has 11 aromatic carbocycles. The van der Waals surface area contributed by atoms with Crippen LogP contribution in [-0.4, -0.2) is 18.0 Å². The molecule has 344 valence electrons. The fourth-order valence-corrected chi connectivity index (χ4v) is 12.6. The second-order valence-corrected chi connectivity index (χ2v) is 19.6. The van der Waals surface area contributed by atoms with Crippen LogP contribution in [-0.2, 0) is 0 Å². The monoisotopic (exact) mass is 944 g/mol. The first-order valence-electron chi connectivity index (χ1n) is 25.4. The van der Waals surface area contributed by atoms with Crippen molar-refractivity contribution in [3.05, 3.63) is 255 Å². The summed E-state index contributed by atoms with van der Waals surface area (Å²) in [5.41, 5.74) is 20.0. The fraction of sp³-hybridized carbons (Fsp3) is 0. The van der Waals surface area contributed by atoms with Crippen LogP contribution in [0.15, 0.2) is 255 Å². The van der Waals surface area contributed by atoms with Gasteiger partial charge >= 0.3 is 0 Å². The second-order valence-electron chi connectivity index (χ2n) is 19.6. The summed E-state index contributed by atoms with van der Waals surface area (Å²) in [4.78, 5) is 7.18. The standard InChI is InChI=1S/C66H42B2N4O2/c1-5-21-43(22-6-1)69(44-23-7-2-8-24-44)47-37-59-65-63(39-47)73-61-42-62-54(41-53(61)67(65)51-31-15-19-35-57(51)70(59)45-25-9-3-10-26-45)68-52-32-16-20-36-58(52)71(46-27-11-4-12-28-46)60-38-48(40-64(74-62)66(60)68)72-55-33-17-13-29-49(55)50-30-14-18-34-56(50)72/h1-42H. The van der Waals surface area contributed by atoms with E-state index in [9.17, 15) is 0 Å². The maximum Gasteiger partial charge on any atom is 0.256 e. The Hall–Kier alpha value is -9.65. The molecule has 0 saturated carbocycles. The van der Waals surface area contributed by atoms with Crippen molar-refractivity contribution in [3.63, 3.8) is 0 Å². The normalized spacial score (nSPS) is 13.2. The third kappa shape index (κ3) is 5.96. The number of ether oxygens (including phenoxy) is 2. The largest absolute Gasteiger partial charge is 0.458 e. The number of anilines is 9. The molecule has 12 aromatic rings. The Morgan fingerprint density at radius 2 is 0.730 bits per heavy atom. The zero-order valence-corrected chi connectivity index (χ0v) is 40.0. The van der Waals surface area contributed by atoms with Gasteiger partial charge in [0.2, 0.25) is 0 Å². The summed E-state index contributed by atoms with van der Waals surface area (Å²) in [7, 11) is 0. The SMILES string of the molecule is c1ccc(N(c2ccccc2)c2cc3c4c(c2)N(c2ccccc2)c2ccccc2B4c2cc4c(cc2O3)Oc2cc(-n3c5ccccc5c5ccccc53)cc3c2B4c2ccccc2N3c2ccccc2)cc1. The van der Waals surface area contributed by atoms with Crippen molar-refractivity contribution in [2.45, 2.75) is 0 Å². The fourth-order valence-electron chi connectivity index (χ4n) is 12.6. The Labute approximate surface area is 429 Å². The lowest BCUT2D eigenvalue weighted by Crippen LogP contribution is -2.63. The molecule has 0 amide bonds. The molecule has 8 heteroatoms. The summed E-state index contributed by atoms with van der Waals surface area (Å²) < 4.78 is 17.3. The van der Waals surface area contributed by atoms with Crippen LogP contribution in [0.3, 0.4) is 0 Å². The predicted octanol–water partition coefficient (Wildman–Crippen LogP) is 13.1. The summed E-state index contributed by atoms with van der Waals surface area (Å²) in [6, 6.07) is 91.8. The minimum absolute atomic E-state index is 0.134. The van der Waals surface area contributed by atoms with E-state index in [0.29, 0.717) is 0 Å². The van der Waals surface area contributed by atoms with Crippen LogP contribution < -0.4 is 57.0 Å². The molecule has 0 saturated heterocycles. The summed E-state index contributed by atoms with van der Waals surface area (Å²) >= 11 is 0. The van der Waals surface area contributed by atoms with Crippen LogP contribution >= 0.6 is 0 Å². The van der Waals surface area contributed by atoms with E-state index in [0.717, 1.165) is 113 Å². The van der Waals surface area contributed by atoms with Gasteiger partial charge in [0.05, 0.1) is 22.4 Å². The first kappa shape index (κ1) is 41.0. The minimum atomic E-state index is -0.139. The average Bonchev–Trinajstić information content (AvgIpc) is 3.87. The third-order valence-corrected chi connectivity index (χ3v) is 15.6. The lowest BCUT2D eigenvalue weighted by Gasteiger charge is -2.42. The molecule has 5 heterocycles. The molecule has 0 spiro atoms. The van der Waals surface area contributed by atoms with E-state index in [1.807, 2.05) is 0 Å². The van der Waals surface area contributed by atoms with Crippen molar-refractivity contribution in [1.29, 1.82) is 0 Å². The number of rotatable bonds is 6. The Balaban J connectivity index is 0.943. The van der Waals surface area contributed by atoms with Crippen molar-refractivity contribution in [3.8, 4) is 28.7 Å². The van der Waals surface area contributed by atoms with Crippen molar-refractivity contribution in [1.82, 2.24) is 4.57 Å². The molecular formula is C66H42B2N4O2. The lowest BCUT2D eigenvalue weighted by molar-refractivity contribution is 0.465. The summed E-state index contributed by atoms with van der Waals surface area (Å²) in [5, 5.41) is 2.43. The van der Waals surface area contributed by atoms with Crippen molar-refractivity contribution in [2.24, 2.45) is 0 Å². The topological polar surface area (TPSA) is 33.1 Å². The Kier molecular flexibility index (Phi) is 8.83. The van der Waals surface area contributed by atoms with Crippen molar-refractivity contribution in [2.75, 3.05) is 14.7 Å². The molecule has 0 atom stereocenters. The highest BCUT2D eigenvalue weighted by Crippen LogP contribution is 2.48. The molecule has 0 N–H and O–H groups in total. The van der Waals surface area contributed by atoms with Gasteiger partial charge in [-0.15, -0.1) is 0 Å². The van der Waals surface area contributed by atoms with E-state index in [-0.39, 0.29) is 13.4 Å². The van der Waals surface area contributed by atoms with E-state index in [1.165, 1.54) is 21.7 Å². The van der Waals surface area contributed by atoms with E-state index in [1.54, 1.807) is 0 Å². The van der Waals surface area contributed by atoms with Gasteiger partial charge in [-0.2, -0.15) is 0 Å². The molecule has 16 rings (SSSR count). The summed E-state index contributed by atoms with van der Waals surface area (Å²) in [6.07, 6.45) is 0. The van der Waals surface area contributed by atoms with Crippen LogP contribution in [0.25, 0.3) is 27.5 Å². The molecule has 0 radical (unpaired) electrons. The van der Waals surface area contributed by atoms with Gasteiger partial charge in [0.15, 0.2) is 0 Å². The zero-order valence-electron chi connectivity index (χ0n) is 40.0. The molecule has 6 nitrogen and oxygen atoms in total. The molecule has 0 fully saturated rings. The number of para-hydroxylation sites is 8. The molecule has 0 aliphatic carbocycles. The first-order chi connectivity index (χ1) is 36.7. The molecule has 0 unspecified atom stereocenters. The minimum Gasteiger partial charge on any atom is -0.458 e. The smallest absolute Gasteiger partial charge is 0.256 e. The van der Waals surface area contributed by atoms with Crippen LogP contribution in [0.2, 0.25) is 0 Å². The second kappa shape index (κ2) is 15.9. The van der Waals surface area contributed by atoms with Crippen LogP contribution in [0.5, 0.6) is 23.0 Å². The van der Waals surface area contributed by atoms with Gasteiger partial charge in [0.25, 0.3) is 13.4 Å². The van der Waals surface area contributed by atoms with Gasteiger partial charge < -0.3 is 28.7 Å². The van der Waals surface area contributed by atoms with Gasteiger partial charge in [0.1, 0.15) is 23.0 Å². The third-order valence-electron chi connectivity index (χ3n) is 15.6. The van der Waals surface area contributed by atoms with Crippen LogP contribution in [0.1, 0.15) is 0 Å².